The number of pyridine rings is 1. The molecule has 0 radical (unpaired) electrons. The molecule has 2 aromatic rings. The van der Waals surface area contributed by atoms with Crippen molar-refractivity contribution in [2.45, 2.75) is 84.2 Å². The molecule has 1 saturated heterocycles. The van der Waals surface area contributed by atoms with Crippen molar-refractivity contribution in [1.82, 2.24) is 4.98 Å². The Labute approximate surface area is 244 Å². The number of amidine groups is 1. The first-order chi connectivity index (χ1) is 19.6. The quantitative estimate of drug-likeness (QED) is 0.204. The maximum Gasteiger partial charge on any atom is 0.407 e. The molecule has 0 amide bonds. The Morgan fingerprint density at radius 2 is 1.81 bits per heavy atom. The number of esters is 1. The van der Waals surface area contributed by atoms with Crippen LogP contribution in [0.5, 0.6) is 0 Å². The Bertz CT molecular complexity index is 1260. The smallest absolute Gasteiger partial charge is 0.407 e. The van der Waals surface area contributed by atoms with Crippen LogP contribution in [-0.4, -0.2) is 41.3 Å². The van der Waals surface area contributed by atoms with Crippen LogP contribution in [0.4, 0.5) is 24.5 Å². The lowest BCUT2D eigenvalue weighted by Gasteiger charge is -2.29. The number of aromatic amines is 1. The lowest BCUT2D eigenvalue weighted by atomic mass is 9.94. The number of hydrogen-bond acceptors (Lipinski definition) is 8. The number of rotatable bonds is 6. The number of nitrogens with zero attached hydrogens (tertiary/aromatic N) is 2. The highest BCUT2D eigenvalue weighted by molar-refractivity contribution is 6.02. The van der Waals surface area contributed by atoms with Crippen LogP contribution in [0.1, 0.15) is 77.5 Å². The van der Waals surface area contributed by atoms with E-state index in [9.17, 15) is 22.8 Å². The van der Waals surface area contributed by atoms with Crippen molar-refractivity contribution in [2.75, 3.05) is 12.3 Å². The normalized spacial score (nSPS) is 17.9. The number of nitrogens with one attached hydrogen (secondary N) is 1. The van der Waals surface area contributed by atoms with Gasteiger partial charge in [-0.25, -0.2) is 9.79 Å². The van der Waals surface area contributed by atoms with Crippen LogP contribution in [0, 0.1) is 17.2 Å². The molecule has 0 aliphatic carbocycles. The van der Waals surface area contributed by atoms with Gasteiger partial charge < -0.3 is 31.7 Å². The summed E-state index contributed by atoms with van der Waals surface area (Å²) < 4.78 is 48.4. The van der Waals surface area contributed by atoms with Gasteiger partial charge in [0.15, 0.2) is 6.10 Å². The van der Waals surface area contributed by atoms with Gasteiger partial charge in [-0.1, -0.05) is 26.0 Å². The van der Waals surface area contributed by atoms with Crippen LogP contribution in [0.3, 0.4) is 0 Å². The molecule has 10 nitrogen and oxygen atoms in total. The van der Waals surface area contributed by atoms with Gasteiger partial charge in [0.1, 0.15) is 23.0 Å². The number of aliphatic imine (C=N–C) groups is 1. The van der Waals surface area contributed by atoms with Gasteiger partial charge in [-0.05, 0) is 69.7 Å². The van der Waals surface area contributed by atoms with E-state index in [-0.39, 0.29) is 34.3 Å². The summed E-state index contributed by atoms with van der Waals surface area (Å²) in [5, 5.41) is 8.50. The molecule has 7 N–H and O–H groups in total. The Kier molecular flexibility index (Phi) is 14.2. The van der Waals surface area contributed by atoms with Crippen LogP contribution in [0.15, 0.2) is 46.3 Å². The zero-order valence-electron chi connectivity index (χ0n) is 24.6. The number of H-pyrrole nitrogens is 1. The monoisotopic (exact) mass is 594 g/mol. The number of hydrogen-bond donors (Lipinski definition) is 4. The Morgan fingerprint density at radius 3 is 2.29 bits per heavy atom. The van der Waals surface area contributed by atoms with E-state index in [1.54, 1.807) is 0 Å². The summed E-state index contributed by atoms with van der Waals surface area (Å²) in [5.74, 6) is 0.00166. The number of alkyl halides is 3. The fourth-order valence-electron chi connectivity index (χ4n) is 3.75. The number of nitrogen functional groups attached to an aromatic ring is 1. The van der Waals surface area contributed by atoms with Crippen molar-refractivity contribution in [3.63, 3.8) is 0 Å². The average Bonchev–Trinajstić information content (AvgIpc) is 2.92. The first-order valence-corrected chi connectivity index (χ1v) is 13.6. The van der Waals surface area contributed by atoms with Crippen LogP contribution in [-0.2, 0) is 14.3 Å². The Morgan fingerprint density at radius 1 is 1.19 bits per heavy atom. The third kappa shape index (κ3) is 11.9. The number of carbonyl (C=O) groups is 1. The Balaban J connectivity index is 0.000000413. The molecule has 0 spiro atoms. The molecule has 42 heavy (non-hydrogen) atoms. The minimum Gasteiger partial charge on any atom is -0.458 e. The molecule has 3 rings (SSSR count). The highest BCUT2D eigenvalue weighted by Gasteiger charge is 2.37. The van der Waals surface area contributed by atoms with Crippen LogP contribution >= 0.6 is 0 Å². The second kappa shape index (κ2) is 16.5. The van der Waals surface area contributed by atoms with E-state index < -0.39 is 29.5 Å². The molecule has 0 unspecified atom stereocenters. The highest BCUT2D eigenvalue weighted by atomic mass is 19.4. The zero-order chi connectivity index (χ0) is 32.1. The third-order valence-electron chi connectivity index (χ3n) is 5.81. The van der Waals surface area contributed by atoms with Crippen molar-refractivity contribution in [3.05, 3.63) is 58.0 Å². The second-order valence-corrected chi connectivity index (χ2v) is 10.2. The van der Waals surface area contributed by atoms with Crippen molar-refractivity contribution >= 4 is 23.2 Å². The van der Waals surface area contributed by atoms with E-state index in [1.807, 2.05) is 34.6 Å². The minimum atomic E-state index is -4.53. The number of halogens is 3. The SMILES string of the molecule is CC.CC(C)(C)OC(=O)[C@@H]1CC[C@H](CCC#N)CO1.NC(=Nc1ccc([C@H](N)C(F)(F)F)cc1)c1c(N)cc[nH]c1=O. The zero-order valence-corrected chi connectivity index (χ0v) is 24.6. The molecule has 1 aromatic carbocycles. The second-order valence-electron chi connectivity index (χ2n) is 10.2. The van der Waals surface area contributed by atoms with E-state index in [0.29, 0.717) is 25.4 Å². The Hall–Kier alpha value is -3.89. The summed E-state index contributed by atoms with van der Waals surface area (Å²) in [7, 11) is 0. The first kappa shape index (κ1) is 36.1. The molecule has 2 heterocycles. The summed E-state index contributed by atoms with van der Waals surface area (Å²) in [5.41, 5.74) is 15.9. The molecule has 1 aliphatic heterocycles. The molecular weight excluding hydrogens is 553 g/mol. The molecular formula is C29H41F3N6O4. The predicted octanol–water partition coefficient (Wildman–Crippen LogP) is 5.01. The van der Waals surface area contributed by atoms with Gasteiger partial charge in [-0.3, -0.25) is 4.79 Å². The summed E-state index contributed by atoms with van der Waals surface area (Å²) >= 11 is 0. The topological polar surface area (TPSA) is 183 Å². The number of carbonyl (C=O) groups excluding carboxylic acids is 1. The average molecular weight is 595 g/mol. The van der Waals surface area contributed by atoms with E-state index in [0.717, 1.165) is 12.8 Å². The van der Waals surface area contributed by atoms with Gasteiger partial charge in [0.2, 0.25) is 0 Å². The van der Waals surface area contributed by atoms with Gasteiger partial charge in [-0.15, -0.1) is 0 Å². The van der Waals surface area contributed by atoms with Crippen LogP contribution < -0.4 is 22.8 Å². The maximum atomic E-state index is 12.5. The van der Waals surface area contributed by atoms with E-state index in [1.165, 1.54) is 36.5 Å². The number of aromatic nitrogens is 1. The summed E-state index contributed by atoms with van der Waals surface area (Å²) in [4.78, 5) is 29.8. The lowest BCUT2D eigenvalue weighted by Crippen LogP contribution is -2.37. The van der Waals surface area contributed by atoms with Crippen molar-refractivity contribution in [1.29, 1.82) is 5.26 Å². The molecule has 13 heteroatoms. The molecule has 232 valence electrons. The third-order valence-corrected chi connectivity index (χ3v) is 5.81. The van der Waals surface area contributed by atoms with Crippen molar-refractivity contribution in [2.24, 2.45) is 22.4 Å². The molecule has 0 bridgehead atoms. The van der Waals surface area contributed by atoms with Gasteiger partial charge in [0.05, 0.1) is 18.4 Å². The number of anilines is 1. The molecule has 1 aliphatic rings. The standard InChI is InChI=1S/C14H14F3N5O.C13H21NO3.C2H6/c15-14(16,17)11(19)7-1-3-8(4-2-7)22-12(20)10-9(18)5-6-21-13(10)23;1-13(2,3)17-12(15)11-7-6-10(9-16-11)5-4-8-14;1-2/h1-6,11H,19H2,(H2,20,22)(H3,18,21,23);10-11H,4-7,9H2,1-3H3;1-2H3/t11-;10-,11-;/m00./s1. The fraction of sp³-hybridized carbons (Fsp3) is 0.517. The van der Waals surface area contributed by atoms with E-state index in [2.05, 4.69) is 16.0 Å². The fourth-order valence-corrected chi connectivity index (χ4v) is 3.75. The lowest BCUT2D eigenvalue weighted by molar-refractivity contribution is -0.173. The van der Waals surface area contributed by atoms with Gasteiger partial charge in [0.25, 0.3) is 5.56 Å². The number of ether oxygens (including phenoxy) is 2. The van der Waals surface area contributed by atoms with E-state index in [4.69, 9.17) is 31.9 Å². The summed E-state index contributed by atoms with van der Waals surface area (Å²) in [6, 6.07) is 6.54. The van der Waals surface area contributed by atoms with E-state index >= 15 is 0 Å². The molecule has 1 fully saturated rings. The molecule has 0 saturated carbocycles. The largest absolute Gasteiger partial charge is 0.458 e. The summed E-state index contributed by atoms with van der Waals surface area (Å²) in [6.45, 7) is 10.1. The highest BCUT2D eigenvalue weighted by Crippen LogP contribution is 2.31. The molecule has 3 atom stereocenters. The van der Waals surface area contributed by atoms with Gasteiger partial charge in [-0.2, -0.15) is 18.4 Å². The van der Waals surface area contributed by atoms with Gasteiger partial charge >= 0.3 is 12.1 Å². The predicted molar refractivity (Wildman–Crippen MR) is 156 cm³/mol. The maximum absolute atomic E-state index is 12.5. The first-order valence-electron chi connectivity index (χ1n) is 13.6. The van der Waals surface area contributed by atoms with Crippen LogP contribution in [0.2, 0.25) is 0 Å². The van der Waals surface area contributed by atoms with Crippen molar-refractivity contribution < 1.29 is 27.4 Å². The summed E-state index contributed by atoms with van der Waals surface area (Å²) in [6.07, 6.45) is -0.538. The van der Waals surface area contributed by atoms with Crippen molar-refractivity contribution in [3.8, 4) is 6.07 Å². The number of nitriles is 1. The van der Waals surface area contributed by atoms with Gasteiger partial charge in [0, 0.05) is 18.3 Å². The minimum absolute atomic E-state index is 0.00331. The number of nitrogens with two attached hydrogens (primary N) is 3. The number of benzene rings is 1. The molecule has 1 aromatic heterocycles. The van der Waals surface area contributed by atoms with Crippen LogP contribution in [0.25, 0.3) is 0 Å².